The van der Waals surface area contributed by atoms with Crippen molar-refractivity contribution < 1.29 is 14.6 Å². The van der Waals surface area contributed by atoms with Crippen LogP contribution in [0, 0.1) is 0 Å². The average Bonchev–Trinajstić information content (AvgIpc) is 2.67. The molecule has 3 heteroatoms. The number of carbonyl (C=O) groups is 1. The molecule has 3 nitrogen and oxygen atoms in total. The van der Waals surface area contributed by atoms with Gasteiger partial charge in [0.05, 0.1) is 7.11 Å². The Labute approximate surface area is 146 Å². The van der Waals surface area contributed by atoms with Crippen LogP contribution in [0.1, 0.15) is 15.9 Å². The Morgan fingerprint density at radius 1 is 0.920 bits per heavy atom. The Bertz CT molecular complexity index is 894. The van der Waals surface area contributed by atoms with Gasteiger partial charge in [-0.25, -0.2) is 0 Å². The normalized spacial score (nSPS) is 10.8. The Hall–Kier alpha value is -3.33. The largest absolute Gasteiger partial charge is 0.504 e. The summed E-state index contributed by atoms with van der Waals surface area (Å²) < 4.78 is 5.00. The molecule has 3 aromatic rings. The van der Waals surface area contributed by atoms with Gasteiger partial charge in [0.25, 0.3) is 0 Å². The van der Waals surface area contributed by atoms with Crippen LogP contribution in [-0.4, -0.2) is 18.0 Å². The molecule has 1 N–H and O–H groups in total. The number of ketones is 1. The number of ether oxygens (including phenoxy) is 1. The summed E-state index contributed by atoms with van der Waals surface area (Å²) in [6.45, 7) is 0. The van der Waals surface area contributed by atoms with Crippen molar-refractivity contribution in [2.75, 3.05) is 7.11 Å². The summed E-state index contributed by atoms with van der Waals surface area (Å²) in [6, 6.07) is 22.5. The minimum absolute atomic E-state index is 0.0457. The van der Waals surface area contributed by atoms with Gasteiger partial charge < -0.3 is 9.84 Å². The molecule has 0 aliphatic heterocycles. The first-order valence-electron chi connectivity index (χ1n) is 7.92. The Balaban J connectivity index is 1.74. The maximum absolute atomic E-state index is 12.3. The fourth-order valence-electron chi connectivity index (χ4n) is 2.54. The van der Waals surface area contributed by atoms with E-state index in [-0.39, 0.29) is 11.5 Å². The van der Waals surface area contributed by atoms with E-state index >= 15 is 0 Å². The monoisotopic (exact) mass is 330 g/mol. The van der Waals surface area contributed by atoms with Crippen molar-refractivity contribution >= 4 is 11.9 Å². The maximum atomic E-state index is 12.3. The number of methoxy groups -OCH3 is 1. The molecule has 3 aromatic carbocycles. The van der Waals surface area contributed by atoms with Crippen molar-refractivity contribution in [3.63, 3.8) is 0 Å². The van der Waals surface area contributed by atoms with E-state index in [1.165, 1.54) is 13.2 Å². The van der Waals surface area contributed by atoms with Crippen LogP contribution in [0.15, 0.2) is 78.9 Å². The van der Waals surface area contributed by atoms with E-state index in [4.69, 9.17) is 4.74 Å². The van der Waals surface area contributed by atoms with Crippen molar-refractivity contribution in [2.24, 2.45) is 0 Å². The van der Waals surface area contributed by atoms with Gasteiger partial charge in [-0.1, -0.05) is 66.7 Å². The number of aromatic hydroxyl groups is 1. The summed E-state index contributed by atoms with van der Waals surface area (Å²) in [4.78, 5) is 12.3. The minimum Gasteiger partial charge on any atom is -0.504 e. The lowest BCUT2D eigenvalue weighted by molar-refractivity contribution is 0.104. The van der Waals surface area contributed by atoms with E-state index in [0.717, 1.165) is 16.7 Å². The van der Waals surface area contributed by atoms with Gasteiger partial charge in [-0.3, -0.25) is 4.79 Å². The Kier molecular flexibility index (Phi) is 4.95. The van der Waals surface area contributed by atoms with Crippen molar-refractivity contribution in [2.45, 2.75) is 0 Å². The van der Waals surface area contributed by atoms with Gasteiger partial charge in [-0.15, -0.1) is 0 Å². The predicted molar refractivity (Wildman–Crippen MR) is 99.9 cm³/mol. The number of benzene rings is 3. The highest BCUT2D eigenvalue weighted by atomic mass is 16.5. The third-order valence-electron chi connectivity index (χ3n) is 3.91. The molecule has 0 radical (unpaired) electrons. The molecule has 3 rings (SSSR count). The zero-order chi connectivity index (χ0) is 17.6. The van der Waals surface area contributed by atoms with Crippen LogP contribution in [0.4, 0.5) is 0 Å². The minimum atomic E-state index is -0.0880. The predicted octanol–water partition coefficient (Wildman–Crippen LogP) is 4.96. The van der Waals surface area contributed by atoms with Gasteiger partial charge in [0.15, 0.2) is 17.3 Å². The topological polar surface area (TPSA) is 46.5 Å². The highest BCUT2D eigenvalue weighted by Crippen LogP contribution is 2.26. The molecule has 25 heavy (non-hydrogen) atoms. The molecule has 0 aliphatic carbocycles. The summed E-state index contributed by atoms with van der Waals surface area (Å²) in [5.41, 5.74) is 3.54. The molecule has 0 fully saturated rings. The quantitative estimate of drug-likeness (QED) is 0.531. The molecule has 0 unspecified atom stereocenters. The van der Waals surface area contributed by atoms with Crippen LogP contribution >= 0.6 is 0 Å². The number of allylic oxidation sites excluding steroid dienone is 1. The number of hydrogen-bond acceptors (Lipinski definition) is 3. The van der Waals surface area contributed by atoms with Crippen LogP contribution in [-0.2, 0) is 0 Å². The van der Waals surface area contributed by atoms with Crippen LogP contribution in [0.3, 0.4) is 0 Å². The fraction of sp³-hybridized carbons (Fsp3) is 0.0455. The molecule has 0 amide bonds. The maximum Gasteiger partial charge on any atom is 0.185 e. The van der Waals surface area contributed by atoms with Gasteiger partial charge in [-0.2, -0.15) is 0 Å². The highest BCUT2D eigenvalue weighted by molar-refractivity contribution is 6.07. The third kappa shape index (κ3) is 3.96. The van der Waals surface area contributed by atoms with E-state index in [1.54, 1.807) is 24.3 Å². The summed E-state index contributed by atoms with van der Waals surface area (Å²) in [5.74, 6) is 0.360. The third-order valence-corrected chi connectivity index (χ3v) is 3.91. The second-order valence-corrected chi connectivity index (χ2v) is 5.57. The Morgan fingerprint density at radius 2 is 1.60 bits per heavy atom. The standard InChI is InChI=1S/C22H18O3/c1-25-22-14-8-16(15-21(22)24)7-13-20(23)19-11-9-18(10-12-19)17-5-3-2-4-6-17/h2-15,24H,1H3/b13-7+. The molecule has 0 saturated carbocycles. The van der Waals surface area contributed by atoms with Crippen molar-refractivity contribution in [3.05, 3.63) is 90.0 Å². The smallest absolute Gasteiger partial charge is 0.185 e. The second kappa shape index (κ2) is 7.49. The molecule has 124 valence electrons. The average molecular weight is 330 g/mol. The van der Waals surface area contributed by atoms with Crippen molar-refractivity contribution in [1.29, 1.82) is 0 Å². The number of phenols is 1. The molecular weight excluding hydrogens is 312 g/mol. The van der Waals surface area contributed by atoms with Gasteiger partial charge in [0, 0.05) is 5.56 Å². The van der Waals surface area contributed by atoms with E-state index < -0.39 is 0 Å². The molecule has 0 bridgehead atoms. The molecule has 0 aliphatic rings. The van der Waals surface area contributed by atoms with Gasteiger partial charge in [-0.05, 0) is 34.9 Å². The first kappa shape index (κ1) is 16.5. The molecule has 0 spiro atoms. The summed E-state index contributed by atoms with van der Waals surface area (Å²) in [6.07, 6.45) is 3.17. The Morgan fingerprint density at radius 3 is 2.24 bits per heavy atom. The molecule has 0 aromatic heterocycles. The van der Waals surface area contributed by atoms with Crippen molar-refractivity contribution in [3.8, 4) is 22.6 Å². The first-order chi connectivity index (χ1) is 12.2. The van der Waals surface area contributed by atoms with E-state index in [2.05, 4.69) is 0 Å². The van der Waals surface area contributed by atoms with Gasteiger partial charge >= 0.3 is 0 Å². The summed E-state index contributed by atoms with van der Waals surface area (Å²) in [7, 11) is 1.49. The second-order valence-electron chi connectivity index (χ2n) is 5.57. The molecule has 0 atom stereocenters. The number of phenolic OH excluding ortho intramolecular Hbond substituents is 1. The first-order valence-corrected chi connectivity index (χ1v) is 7.92. The van der Waals surface area contributed by atoms with Crippen LogP contribution in [0.25, 0.3) is 17.2 Å². The molecule has 0 saturated heterocycles. The lowest BCUT2D eigenvalue weighted by Crippen LogP contribution is -1.93. The SMILES string of the molecule is COc1ccc(/C=C/C(=O)c2ccc(-c3ccccc3)cc2)cc1O. The molecular formula is C22H18O3. The fourth-order valence-corrected chi connectivity index (χ4v) is 2.54. The number of rotatable bonds is 5. The van der Waals surface area contributed by atoms with Gasteiger partial charge in [0.1, 0.15) is 0 Å². The number of hydrogen-bond donors (Lipinski definition) is 1. The lowest BCUT2D eigenvalue weighted by atomic mass is 10.0. The zero-order valence-electron chi connectivity index (χ0n) is 13.8. The van der Waals surface area contributed by atoms with Crippen LogP contribution in [0.5, 0.6) is 11.5 Å². The van der Waals surface area contributed by atoms with Crippen LogP contribution in [0.2, 0.25) is 0 Å². The zero-order valence-corrected chi connectivity index (χ0v) is 13.8. The lowest BCUT2D eigenvalue weighted by Gasteiger charge is -2.04. The van der Waals surface area contributed by atoms with E-state index in [9.17, 15) is 9.90 Å². The summed E-state index contributed by atoms with van der Waals surface area (Å²) >= 11 is 0. The van der Waals surface area contributed by atoms with Crippen LogP contribution < -0.4 is 4.74 Å². The van der Waals surface area contributed by atoms with E-state index in [0.29, 0.717) is 11.3 Å². The summed E-state index contributed by atoms with van der Waals surface area (Å²) in [5, 5.41) is 9.77. The van der Waals surface area contributed by atoms with Crippen molar-refractivity contribution in [1.82, 2.24) is 0 Å². The van der Waals surface area contributed by atoms with Gasteiger partial charge in [0.2, 0.25) is 0 Å². The number of carbonyl (C=O) groups excluding carboxylic acids is 1. The highest BCUT2D eigenvalue weighted by Gasteiger charge is 2.04. The van der Waals surface area contributed by atoms with E-state index in [1.807, 2.05) is 54.6 Å². The molecule has 0 heterocycles.